The molecule has 0 fully saturated rings. The van der Waals surface area contributed by atoms with Crippen molar-refractivity contribution < 1.29 is 19.1 Å². The van der Waals surface area contributed by atoms with Crippen molar-refractivity contribution in [2.24, 2.45) is 0 Å². The van der Waals surface area contributed by atoms with E-state index in [2.05, 4.69) is 10.6 Å². The fraction of sp³-hybridized carbons (Fsp3) is 0.263. The van der Waals surface area contributed by atoms with Crippen molar-refractivity contribution in [3.8, 4) is 0 Å². The third-order valence-corrected chi connectivity index (χ3v) is 3.72. The molecule has 0 saturated carbocycles. The van der Waals surface area contributed by atoms with Crippen LogP contribution in [0, 0.1) is 19.7 Å². The third kappa shape index (κ3) is 4.87. The van der Waals surface area contributed by atoms with Crippen LogP contribution in [0.3, 0.4) is 0 Å². The Bertz CT molecular complexity index is 750. The van der Waals surface area contributed by atoms with Crippen LogP contribution in [-0.4, -0.2) is 30.1 Å². The number of rotatable bonds is 6. The van der Waals surface area contributed by atoms with Gasteiger partial charge < -0.3 is 15.7 Å². The number of carbonyl (C=O) groups is 2. The molecule has 25 heavy (non-hydrogen) atoms. The van der Waals surface area contributed by atoms with Gasteiger partial charge in [0, 0.05) is 30.0 Å². The number of aryl methyl sites for hydroxylation is 2. The lowest BCUT2D eigenvalue weighted by molar-refractivity contribution is 0.0950. The summed E-state index contributed by atoms with van der Waals surface area (Å²) < 4.78 is 13.6. The van der Waals surface area contributed by atoms with E-state index in [0.29, 0.717) is 40.9 Å². The molecule has 0 radical (unpaired) electrons. The zero-order valence-electron chi connectivity index (χ0n) is 14.2. The van der Waals surface area contributed by atoms with Crippen LogP contribution in [0.4, 0.5) is 10.1 Å². The SMILES string of the molecule is Cc1cc(C(=O)Nc2ccc(C(=O)NCCCO)cc2)cc(C)c1F. The summed E-state index contributed by atoms with van der Waals surface area (Å²) in [5.74, 6) is -0.893. The molecule has 0 saturated heterocycles. The zero-order chi connectivity index (χ0) is 18.4. The predicted octanol–water partition coefficient (Wildman–Crippen LogP) is 2.81. The van der Waals surface area contributed by atoms with E-state index in [1.165, 1.54) is 12.1 Å². The molecule has 2 aromatic rings. The highest BCUT2D eigenvalue weighted by Crippen LogP contribution is 2.17. The zero-order valence-corrected chi connectivity index (χ0v) is 14.2. The summed E-state index contributed by atoms with van der Waals surface area (Å²) in [6, 6.07) is 9.46. The first kappa shape index (κ1) is 18.6. The Morgan fingerprint density at radius 3 is 2.16 bits per heavy atom. The summed E-state index contributed by atoms with van der Waals surface area (Å²) >= 11 is 0. The first-order valence-corrected chi connectivity index (χ1v) is 7.99. The smallest absolute Gasteiger partial charge is 0.255 e. The van der Waals surface area contributed by atoms with Crippen LogP contribution in [0.1, 0.15) is 38.3 Å². The summed E-state index contributed by atoms with van der Waals surface area (Å²) in [6.07, 6.45) is 0.496. The maximum atomic E-state index is 13.6. The van der Waals surface area contributed by atoms with Gasteiger partial charge in [0.25, 0.3) is 11.8 Å². The molecule has 3 N–H and O–H groups in total. The van der Waals surface area contributed by atoms with Crippen molar-refractivity contribution in [3.05, 3.63) is 64.5 Å². The van der Waals surface area contributed by atoms with Gasteiger partial charge in [-0.2, -0.15) is 0 Å². The van der Waals surface area contributed by atoms with Crippen LogP contribution in [-0.2, 0) is 0 Å². The maximum absolute atomic E-state index is 13.6. The van der Waals surface area contributed by atoms with Crippen LogP contribution in [0.15, 0.2) is 36.4 Å². The van der Waals surface area contributed by atoms with Crippen LogP contribution in [0.5, 0.6) is 0 Å². The Kier molecular flexibility index (Phi) is 6.25. The number of anilines is 1. The molecule has 2 aromatic carbocycles. The van der Waals surface area contributed by atoms with Crippen LogP contribution in [0.25, 0.3) is 0 Å². The maximum Gasteiger partial charge on any atom is 0.255 e. The van der Waals surface area contributed by atoms with Gasteiger partial charge in [0.1, 0.15) is 5.82 Å². The number of hydrogen-bond donors (Lipinski definition) is 3. The van der Waals surface area contributed by atoms with Gasteiger partial charge in [-0.1, -0.05) is 0 Å². The molecule has 0 aliphatic carbocycles. The molecular weight excluding hydrogens is 323 g/mol. The minimum absolute atomic E-state index is 0.0214. The second-order valence-corrected chi connectivity index (χ2v) is 5.79. The number of aliphatic hydroxyl groups is 1. The van der Waals surface area contributed by atoms with Gasteiger partial charge >= 0.3 is 0 Å². The number of hydrogen-bond acceptors (Lipinski definition) is 3. The minimum atomic E-state index is -0.341. The Morgan fingerprint density at radius 1 is 1.00 bits per heavy atom. The first-order valence-electron chi connectivity index (χ1n) is 7.99. The van der Waals surface area contributed by atoms with Crippen LogP contribution < -0.4 is 10.6 Å². The molecule has 132 valence electrons. The van der Waals surface area contributed by atoms with E-state index in [1.807, 2.05) is 0 Å². The molecular formula is C19H21FN2O3. The summed E-state index contributed by atoms with van der Waals surface area (Å²) in [5, 5.41) is 14.1. The molecule has 5 nitrogen and oxygen atoms in total. The van der Waals surface area contributed by atoms with E-state index in [-0.39, 0.29) is 24.2 Å². The van der Waals surface area contributed by atoms with E-state index >= 15 is 0 Å². The Morgan fingerprint density at radius 2 is 1.60 bits per heavy atom. The number of amides is 2. The number of benzene rings is 2. The van der Waals surface area contributed by atoms with Crippen molar-refractivity contribution in [2.45, 2.75) is 20.3 Å². The highest BCUT2D eigenvalue weighted by atomic mass is 19.1. The lowest BCUT2D eigenvalue weighted by atomic mass is 10.1. The molecule has 0 aliphatic heterocycles. The topological polar surface area (TPSA) is 78.4 Å². The van der Waals surface area contributed by atoms with Gasteiger partial charge in [-0.05, 0) is 67.8 Å². The Hall–Kier alpha value is -2.73. The molecule has 0 aromatic heterocycles. The standard InChI is InChI=1S/C19H21FN2O3/c1-12-10-15(11-13(2)17(12)20)19(25)22-16-6-4-14(5-7-16)18(24)21-8-3-9-23/h4-7,10-11,23H,3,8-9H2,1-2H3,(H,21,24)(H,22,25). The van der Waals surface area contributed by atoms with Crippen molar-refractivity contribution in [1.82, 2.24) is 5.32 Å². The van der Waals surface area contributed by atoms with Gasteiger partial charge in [0.05, 0.1) is 0 Å². The largest absolute Gasteiger partial charge is 0.396 e. The van der Waals surface area contributed by atoms with Crippen molar-refractivity contribution >= 4 is 17.5 Å². The summed E-state index contributed by atoms with van der Waals surface area (Å²) in [4.78, 5) is 24.2. The van der Waals surface area contributed by atoms with Crippen LogP contribution in [0.2, 0.25) is 0 Å². The number of aliphatic hydroxyl groups excluding tert-OH is 1. The molecule has 6 heteroatoms. The molecule has 2 amide bonds. The summed E-state index contributed by atoms with van der Waals surface area (Å²) in [6.45, 7) is 3.65. The van der Waals surface area contributed by atoms with E-state index in [4.69, 9.17) is 5.11 Å². The first-order chi connectivity index (χ1) is 11.9. The molecule has 0 aliphatic rings. The van der Waals surface area contributed by atoms with Crippen molar-refractivity contribution in [1.29, 1.82) is 0 Å². The molecule has 0 bridgehead atoms. The van der Waals surface area contributed by atoms with Gasteiger partial charge in [-0.3, -0.25) is 9.59 Å². The average Bonchev–Trinajstić information content (AvgIpc) is 2.60. The lowest BCUT2D eigenvalue weighted by Crippen LogP contribution is -2.25. The Labute approximate surface area is 145 Å². The number of nitrogens with one attached hydrogen (secondary N) is 2. The van der Waals surface area contributed by atoms with E-state index in [0.717, 1.165) is 0 Å². The second-order valence-electron chi connectivity index (χ2n) is 5.79. The van der Waals surface area contributed by atoms with E-state index < -0.39 is 0 Å². The molecule has 2 rings (SSSR count). The monoisotopic (exact) mass is 344 g/mol. The summed E-state index contributed by atoms with van der Waals surface area (Å²) in [7, 11) is 0. The van der Waals surface area contributed by atoms with E-state index in [1.54, 1.807) is 38.1 Å². The van der Waals surface area contributed by atoms with Gasteiger partial charge in [-0.15, -0.1) is 0 Å². The average molecular weight is 344 g/mol. The predicted molar refractivity (Wildman–Crippen MR) is 94.3 cm³/mol. The Balaban J connectivity index is 2.03. The molecule has 0 unspecified atom stereocenters. The highest BCUT2D eigenvalue weighted by Gasteiger charge is 2.11. The normalized spacial score (nSPS) is 10.4. The summed E-state index contributed by atoms with van der Waals surface area (Å²) in [5.41, 5.74) is 2.21. The highest BCUT2D eigenvalue weighted by molar-refractivity contribution is 6.04. The molecule has 0 heterocycles. The minimum Gasteiger partial charge on any atom is -0.396 e. The number of carbonyl (C=O) groups excluding carboxylic acids is 2. The second kappa shape index (κ2) is 8.39. The quantitative estimate of drug-likeness (QED) is 0.705. The lowest BCUT2D eigenvalue weighted by Gasteiger charge is -2.09. The fourth-order valence-corrected chi connectivity index (χ4v) is 2.37. The fourth-order valence-electron chi connectivity index (χ4n) is 2.37. The van der Waals surface area contributed by atoms with Crippen LogP contribution >= 0.6 is 0 Å². The van der Waals surface area contributed by atoms with Crippen molar-refractivity contribution in [2.75, 3.05) is 18.5 Å². The number of halogens is 1. The van der Waals surface area contributed by atoms with Gasteiger partial charge in [-0.25, -0.2) is 4.39 Å². The molecule has 0 atom stereocenters. The van der Waals surface area contributed by atoms with Gasteiger partial charge in [0.2, 0.25) is 0 Å². The van der Waals surface area contributed by atoms with E-state index in [9.17, 15) is 14.0 Å². The van der Waals surface area contributed by atoms with Gasteiger partial charge in [0.15, 0.2) is 0 Å². The van der Waals surface area contributed by atoms with Crippen molar-refractivity contribution in [3.63, 3.8) is 0 Å². The third-order valence-electron chi connectivity index (χ3n) is 3.72. The molecule has 0 spiro atoms.